The maximum absolute atomic E-state index is 12.2. The predicted octanol–water partition coefficient (Wildman–Crippen LogP) is 3.55. The van der Waals surface area contributed by atoms with Gasteiger partial charge in [-0.2, -0.15) is 0 Å². The van der Waals surface area contributed by atoms with E-state index >= 15 is 0 Å². The molecule has 1 aliphatic heterocycles. The summed E-state index contributed by atoms with van der Waals surface area (Å²) in [6, 6.07) is 9.65. The van der Waals surface area contributed by atoms with Crippen LogP contribution in [0.5, 0.6) is 0 Å². The lowest BCUT2D eigenvalue weighted by Gasteiger charge is -2.34. The number of carbonyl (C=O) groups is 2. The van der Waals surface area contributed by atoms with Crippen LogP contribution >= 0.6 is 0 Å². The highest BCUT2D eigenvalue weighted by Crippen LogP contribution is 2.20. The van der Waals surface area contributed by atoms with E-state index in [1.165, 1.54) is 0 Å². The van der Waals surface area contributed by atoms with E-state index in [2.05, 4.69) is 6.92 Å². The molecule has 1 aromatic carbocycles. The molecular weight excluding hydrogens is 266 g/mol. The second kappa shape index (κ2) is 7.81. The van der Waals surface area contributed by atoms with Crippen molar-refractivity contribution in [2.75, 3.05) is 6.54 Å². The summed E-state index contributed by atoms with van der Waals surface area (Å²) in [7, 11) is 0. The van der Waals surface area contributed by atoms with E-state index in [9.17, 15) is 9.59 Å². The largest absolute Gasteiger partial charge is 0.445 e. The maximum atomic E-state index is 12.2. The van der Waals surface area contributed by atoms with E-state index in [1.54, 1.807) is 4.90 Å². The lowest BCUT2D eigenvalue weighted by molar-refractivity contribution is -0.122. The summed E-state index contributed by atoms with van der Waals surface area (Å²) >= 11 is 0. The number of likely N-dealkylation sites (tertiary alicyclic amines) is 1. The second-order valence-electron chi connectivity index (χ2n) is 5.52. The molecule has 2 rings (SSSR count). The smallest absolute Gasteiger partial charge is 0.410 e. The first-order valence-electron chi connectivity index (χ1n) is 7.69. The molecule has 0 aliphatic carbocycles. The number of carbonyl (C=O) groups excluding carboxylic acids is 2. The van der Waals surface area contributed by atoms with Crippen LogP contribution in [0.1, 0.15) is 44.6 Å². The first-order chi connectivity index (χ1) is 10.2. The first-order valence-corrected chi connectivity index (χ1v) is 7.69. The summed E-state index contributed by atoms with van der Waals surface area (Å²) in [4.78, 5) is 25.6. The summed E-state index contributed by atoms with van der Waals surface area (Å²) in [5.74, 6) is 0.253. The van der Waals surface area contributed by atoms with Crippen LogP contribution in [0.4, 0.5) is 4.79 Å². The maximum Gasteiger partial charge on any atom is 0.410 e. The van der Waals surface area contributed by atoms with Gasteiger partial charge in [0.1, 0.15) is 12.4 Å². The number of Topliss-reactive ketones (excluding diaryl/α,β-unsaturated/α-hetero) is 1. The van der Waals surface area contributed by atoms with E-state index in [0.717, 1.165) is 24.8 Å². The molecule has 1 atom stereocenters. The van der Waals surface area contributed by atoms with Crippen LogP contribution in [0, 0.1) is 0 Å². The molecule has 0 saturated carbocycles. The zero-order chi connectivity index (χ0) is 15.1. The van der Waals surface area contributed by atoms with Crippen molar-refractivity contribution in [1.82, 2.24) is 4.90 Å². The number of rotatable bonds is 5. The van der Waals surface area contributed by atoms with Crippen molar-refractivity contribution < 1.29 is 14.3 Å². The van der Waals surface area contributed by atoms with Crippen molar-refractivity contribution in [2.45, 2.75) is 51.7 Å². The fourth-order valence-electron chi connectivity index (χ4n) is 2.64. The number of ketones is 1. The van der Waals surface area contributed by atoms with Crippen LogP contribution in [-0.2, 0) is 16.1 Å². The Morgan fingerprint density at radius 3 is 2.81 bits per heavy atom. The lowest BCUT2D eigenvalue weighted by Crippen LogP contribution is -2.46. The Morgan fingerprint density at radius 1 is 1.33 bits per heavy atom. The molecule has 1 amide bonds. The highest BCUT2D eigenvalue weighted by atomic mass is 16.6. The molecule has 1 fully saturated rings. The van der Waals surface area contributed by atoms with E-state index in [-0.39, 0.29) is 24.5 Å². The fourth-order valence-corrected chi connectivity index (χ4v) is 2.64. The van der Waals surface area contributed by atoms with Crippen LogP contribution < -0.4 is 0 Å². The zero-order valence-electron chi connectivity index (χ0n) is 12.6. The molecule has 0 radical (unpaired) electrons. The highest BCUT2D eigenvalue weighted by molar-refractivity contribution is 5.82. The molecule has 0 bridgehead atoms. The Morgan fingerprint density at radius 2 is 2.10 bits per heavy atom. The molecule has 0 N–H and O–H groups in total. The van der Waals surface area contributed by atoms with Gasteiger partial charge in [-0.25, -0.2) is 4.79 Å². The van der Waals surface area contributed by atoms with Gasteiger partial charge in [-0.3, -0.25) is 4.79 Å². The van der Waals surface area contributed by atoms with Crippen LogP contribution in [0.2, 0.25) is 0 Å². The van der Waals surface area contributed by atoms with E-state index < -0.39 is 0 Å². The van der Waals surface area contributed by atoms with Crippen molar-refractivity contribution in [3.63, 3.8) is 0 Å². The summed E-state index contributed by atoms with van der Waals surface area (Å²) in [5, 5.41) is 0. The van der Waals surface area contributed by atoms with Gasteiger partial charge >= 0.3 is 6.09 Å². The van der Waals surface area contributed by atoms with Gasteiger partial charge in [-0.1, -0.05) is 50.1 Å². The Balaban J connectivity index is 1.90. The molecule has 21 heavy (non-hydrogen) atoms. The molecule has 1 aliphatic rings. The molecule has 0 spiro atoms. The van der Waals surface area contributed by atoms with Crippen molar-refractivity contribution >= 4 is 11.9 Å². The number of piperidine rings is 1. The number of unbranched alkanes of at least 4 members (excludes halogenated alkanes) is 1. The molecule has 0 unspecified atom stereocenters. The van der Waals surface area contributed by atoms with Crippen LogP contribution in [-0.4, -0.2) is 29.4 Å². The third-order valence-corrected chi connectivity index (χ3v) is 3.87. The van der Waals surface area contributed by atoms with Gasteiger partial charge < -0.3 is 9.64 Å². The zero-order valence-corrected chi connectivity index (χ0v) is 12.6. The van der Waals surface area contributed by atoms with E-state index in [4.69, 9.17) is 4.74 Å². The number of nitrogens with zero attached hydrogens (tertiary/aromatic N) is 1. The number of hydrogen-bond donors (Lipinski definition) is 0. The van der Waals surface area contributed by atoms with Gasteiger partial charge in [0.05, 0.1) is 0 Å². The topological polar surface area (TPSA) is 46.6 Å². The predicted molar refractivity (Wildman–Crippen MR) is 80.9 cm³/mol. The van der Waals surface area contributed by atoms with Gasteiger partial charge in [0.25, 0.3) is 0 Å². The minimum Gasteiger partial charge on any atom is -0.445 e. The first kappa shape index (κ1) is 15.5. The standard InChI is InChI=1S/C17H23NO3/c1-2-3-9-15-12-16(19)10-11-18(15)17(20)21-13-14-7-5-4-6-8-14/h4-8,15H,2-3,9-13H2,1H3/t15-/m1/s1. The van der Waals surface area contributed by atoms with Gasteiger partial charge in [0.15, 0.2) is 0 Å². The van der Waals surface area contributed by atoms with Crippen molar-refractivity contribution in [3.05, 3.63) is 35.9 Å². The molecule has 4 heteroatoms. The molecule has 1 saturated heterocycles. The van der Waals surface area contributed by atoms with Crippen molar-refractivity contribution in [1.29, 1.82) is 0 Å². The fraction of sp³-hybridized carbons (Fsp3) is 0.529. The van der Waals surface area contributed by atoms with E-state index in [1.807, 2.05) is 30.3 Å². The monoisotopic (exact) mass is 289 g/mol. The van der Waals surface area contributed by atoms with Crippen LogP contribution in [0.3, 0.4) is 0 Å². The lowest BCUT2D eigenvalue weighted by atomic mass is 9.97. The molecule has 0 aromatic heterocycles. The van der Waals surface area contributed by atoms with Gasteiger partial charge in [-0.05, 0) is 12.0 Å². The number of benzene rings is 1. The van der Waals surface area contributed by atoms with Gasteiger partial charge in [0.2, 0.25) is 0 Å². The second-order valence-corrected chi connectivity index (χ2v) is 5.52. The third kappa shape index (κ3) is 4.59. The van der Waals surface area contributed by atoms with Gasteiger partial charge in [-0.15, -0.1) is 0 Å². The van der Waals surface area contributed by atoms with Crippen LogP contribution in [0.15, 0.2) is 30.3 Å². The Hall–Kier alpha value is -1.84. The SMILES string of the molecule is CCCC[C@@H]1CC(=O)CCN1C(=O)OCc1ccccc1. The third-order valence-electron chi connectivity index (χ3n) is 3.87. The summed E-state index contributed by atoms with van der Waals surface area (Å²) in [6.45, 7) is 2.88. The molecule has 4 nitrogen and oxygen atoms in total. The molecule has 1 heterocycles. The van der Waals surface area contributed by atoms with Crippen molar-refractivity contribution in [2.24, 2.45) is 0 Å². The quantitative estimate of drug-likeness (QED) is 0.833. The molecular formula is C17H23NO3. The summed E-state index contributed by atoms with van der Waals surface area (Å²) in [5.41, 5.74) is 0.976. The average Bonchev–Trinajstić information content (AvgIpc) is 2.51. The Labute approximate surface area is 126 Å². The van der Waals surface area contributed by atoms with Crippen molar-refractivity contribution in [3.8, 4) is 0 Å². The minimum absolute atomic E-state index is 0.00877. The van der Waals surface area contributed by atoms with Crippen LogP contribution in [0.25, 0.3) is 0 Å². The number of hydrogen-bond acceptors (Lipinski definition) is 3. The highest BCUT2D eigenvalue weighted by Gasteiger charge is 2.30. The normalized spacial score (nSPS) is 18.6. The average molecular weight is 289 g/mol. The Bertz CT molecular complexity index is 472. The molecule has 1 aromatic rings. The minimum atomic E-state index is -0.299. The molecule has 114 valence electrons. The Kier molecular flexibility index (Phi) is 5.78. The van der Waals surface area contributed by atoms with E-state index in [0.29, 0.717) is 19.4 Å². The number of amides is 1. The van der Waals surface area contributed by atoms with Gasteiger partial charge in [0, 0.05) is 25.4 Å². The summed E-state index contributed by atoms with van der Waals surface area (Å²) in [6.07, 6.45) is 3.59. The summed E-state index contributed by atoms with van der Waals surface area (Å²) < 4.78 is 5.39. The number of ether oxygens (including phenoxy) is 1.